The van der Waals surface area contributed by atoms with E-state index in [9.17, 15) is 10.2 Å². The standard InChI is InChI=1S/C11H22O2/c1-2-10(12)11(13)9-7-5-3-4-6-8-9/h9-13H,2-8H2,1H3. The molecule has 2 nitrogen and oxygen atoms in total. The van der Waals surface area contributed by atoms with Gasteiger partial charge in [-0.2, -0.15) is 0 Å². The molecule has 0 saturated heterocycles. The summed E-state index contributed by atoms with van der Waals surface area (Å²) in [5.74, 6) is 0.345. The monoisotopic (exact) mass is 186 g/mol. The van der Waals surface area contributed by atoms with E-state index in [1.165, 1.54) is 25.7 Å². The average molecular weight is 186 g/mol. The Balaban J connectivity index is 2.38. The molecule has 1 aliphatic carbocycles. The van der Waals surface area contributed by atoms with Gasteiger partial charge >= 0.3 is 0 Å². The van der Waals surface area contributed by atoms with Gasteiger partial charge < -0.3 is 10.2 Å². The number of rotatable bonds is 3. The molecule has 0 aromatic carbocycles. The second kappa shape index (κ2) is 5.61. The maximum atomic E-state index is 9.82. The maximum Gasteiger partial charge on any atom is 0.0827 e. The number of hydrogen-bond acceptors (Lipinski definition) is 2. The fourth-order valence-electron chi connectivity index (χ4n) is 2.21. The summed E-state index contributed by atoms with van der Waals surface area (Å²) >= 11 is 0. The van der Waals surface area contributed by atoms with Crippen molar-refractivity contribution in [2.45, 2.75) is 64.1 Å². The first kappa shape index (κ1) is 11.0. The lowest BCUT2D eigenvalue weighted by Gasteiger charge is -2.24. The number of aliphatic hydroxyl groups excluding tert-OH is 2. The summed E-state index contributed by atoms with van der Waals surface area (Å²) < 4.78 is 0. The Hall–Kier alpha value is -0.0800. The van der Waals surface area contributed by atoms with Gasteiger partial charge in [-0.3, -0.25) is 0 Å². The van der Waals surface area contributed by atoms with E-state index >= 15 is 0 Å². The van der Waals surface area contributed by atoms with E-state index in [1.807, 2.05) is 6.92 Å². The third-order valence-corrected chi connectivity index (χ3v) is 3.20. The molecule has 0 aliphatic heterocycles. The molecule has 13 heavy (non-hydrogen) atoms. The summed E-state index contributed by atoms with van der Waals surface area (Å²) in [6.07, 6.45) is 6.90. The van der Waals surface area contributed by atoms with Gasteiger partial charge in [-0.05, 0) is 25.2 Å². The second-order valence-electron chi connectivity index (χ2n) is 4.22. The molecule has 1 fully saturated rings. The van der Waals surface area contributed by atoms with Gasteiger partial charge in [0.25, 0.3) is 0 Å². The highest BCUT2D eigenvalue weighted by Gasteiger charge is 2.25. The Labute approximate surface area is 81.0 Å². The van der Waals surface area contributed by atoms with Crippen molar-refractivity contribution < 1.29 is 10.2 Å². The van der Waals surface area contributed by atoms with Crippen molar-refractivity contribution in [3.8, 4) is 0 Å². The van der Waals surface area contributed by atoms with E-state index in [-0.39, 0.29) is 0 Å². The lowest BCUT2D eigenvalue weighted by Crippen LogP contribution is -2.32. The van der Waals surface area contributed by atoms with Crippen molar-refractivity contribution in [2.75, 3.05) is 0 Å². The molecule has 0 aromatic rings. The summed E-state index contributed by atoms with van der Waals surface area (Å²) in [6.45, 7) is 1.92. The Kier molecular flexibility index (Phi) is 4.74. The van der Waals surface area contributed by atoms with Crippen LogP contribution in [0.5, 0.6) is 0 Å². The minimum Gasteiger partial charge on any atom is -0.390 e. The third kappa shape index (κ3) is 3.28. The molecule has 1 aliphatic rings. The minimum atomic E-state index is -0.511. The first-order chi connectivity index (χ1) is 6.25. The average Bonchev–Trinajstić information content (AvgIpc) is 2.43. The van der Waals surface area contributed by atoms with Crippen LogP contribution in [-0.4, -0.2) is 22.4 Å². The fraction of sp³-hybridized carbons (Fsp3) is 1.00. The Bertz CT molecular complexity index is 128. The Morgan fingerprint density at radius 1 is 1.08 bits per heavy atom. The molecule has 0 heterocycles. The summed E-state index contributed by atoms with van der Waals surface area (Å²) in [7, 11) is 0. The van der Waals surface area contributed by atoms with E-state index < -0.39 is 12.2 Å². The van der Waals surface area contributed by atoms with Crippen LogP contribution in [0.1, 0.15) is 51.9 Å². The predicted molar refractivity (Wildman–Crippen MR) is 53.5 cm³/mol. The normalized spacial score (nSPS) is 25.2. The van der Waals surface area contributed by atoms with Crippen molar-refractivity contribution in [1.29, 1.82) is 0 Å². The molecule has 0 aromatic heterocycles. The van der Waals surface area contributed by atoms with Crippen LogP contribution < -0.4 is 0 Å². The van der Waals surface area contributed by atoms with Crippen molar-refractivity contribution in [3.63, 3.8) is 0 Å². The van der Waals surface area contributed by atoms with Gasteiger partial charge in [-0.15, -0.1) is 0 Å². The number of hydrogen-bond donors (Lipinski definition) is 2. The van der Waals surface area contributed by atoms with Gasteiger partial charge in [0.15, 0.2) is 0 Å². The molecule has 2 heteroatoms. The van der Waals surface area contributed by atoms with Crippen LogP contribution in [0.4, 0.5) is 0 Å². The van der Waals surface area contributed by atoms with Crippen LogP contribution in [0.3, 0.4) is 0 Å². The van der Waals surface area contributed by atoms with Crippen molar-refractivity contribution >= 4 is 0 Å². The second-order valence-corrected chi connectivity index (χ2v) is 4.22. The van der Waals surface area contributed by atoms with Crippen molar-refractivity contribution in [2.24, 2.45) is 5.92 Å². The van der Waals surface area contributed by atoms with Crippen LogP contribution in [0.2, 0.25) is 0 Å². The van der Waals surface area contributed by atoms with E-state index in [0.717, 1.165) is 12.8 Å². The zero-order valence-electron chi connectivity index (χ0n) is 8.58. The van der Waals surface area contributed by atoms with Crippen LogP contribution in [-0.2, 0) is 0 Å². The molecule has 2 N–H and O–H groups in total. The fourth-order valence-corrected chi connectivity index (χ4v) is 2.21. The molecule has 1 saturated carbocycles. The van der Waals surface area contributed by atoms with E-state index in [4.69, 9.17) is 0 Å². The van der Waals surface area contributed by atoms with Gasteiger partial charge in [0, 0.05) is 0 Å². The zero-order valence-corrected chi connectivity index (χ0v) is 8.58. The van der Waals surface area contributed by atoms with E-state index in [1.54, 1.807) is 0 Å². The third-order valence-electron chi connectivity index (χ3n) is 3.20. The lowest BCUT2D eigenvalue weighted by molar-refractivity contribution is -0.0226. The first-order valence-corrected chi connectivity index (χ1v) is 5.61. The quantitative estimate of drug-likeness (QED) is 0.663. The van der Waals surface area contributed by atoms with Crippen LogP contribution in [0.15, 0.2) is 0 Å². The molecular formula is C11H22O2. The number of aliphatic hydroxyl groups is 2. The van der Waals surface area contributed by atoms with Gasteiger partial charge in [-0.1, -0.05) is 32.6 Å². The van der Waals surface area contributed by atoms with Crippen molar-refractivity contribution in [3.05, 3.63) is 0 Å². The summed E-state index contributed by atoms with van der Waals surface area (Å²) in [5, 5.41) is 19.3. The summed E-state index contributed by atoms with van der Waals surface area (Å²) in [5.41, 5.74) is 0. The highest BCUT2D eigenvalue weighted by atomic mass is 16.3. The maximum absolute atomic E-state index is 9.82. The smallest absolute Gasteiger partial charge is 0.0827 e. The molecule has 1 rings (SSSR count). The summed E-state index contributed by atoms with van der Waals surface area (Å²) in [6, 6.07) is 0. The highest BCUT2D eigenvalue weighted by molar-refractivity contribution is 4.76. The summed E-state index contributed by atoms with van der Waals surface area (Å²) in [4.78, 5) is 0. The van der Waals surface area contributed by atoms with Gasteiger partial charge in [0.2, 0.25) is 0 Å². The Morgan fingerprint density at radius 2 is 1.62 bits per heavy atom. The first-order valence-electron chi connectivity index (χ1n) is 5.61. The topological polar surface area (TPSA) is 40.5 Å². The van der Waals surface area contributed by atoms with Crippen LogP contribution in [0, 0.1) is 5.92 Å². The zero-order chi connectivity index (χ0) is 9.68. The van der Waals surface area contributed by atoms with Crippen LogP contribution >= 0.6 is 0 Å². The van der Waals surface area contributed by atoms with Crippen LogP contribution in [0.25, 0.3) is 0 Å². The SMILES string of the molecule is CCC(O)C(O)C1CCCCCC1. The Morgan fingerprint density at radius 3 is 2.08 bits per heavy atom. The van der Waals surface area contributed by atoms with Crippen molar-refractivity contribution in [1.82, 2.24) is 0 Å². The molecule has 0 bridgehead atoms. The van der Waals surface area contributed by atoms with Gasteiger partial charge in [-0.25, -0.2) is 0 Å². The molecule has 0 radical (unpaired) electrons. The predicted octanol–water partition coefficient (Wildman–Crippen LogP) is 2.09. The molecule has 2 unspecified atom stereocenters. The van der Waals surface area contributed by atoms with E-state index in [2.05, 4.69) is 0 Å². The molecule has 78 valence electrons. The largest absolute Gasteiger partial charge is 0.390 e. The van der Waals surface area contributed by atoms with E-state index in [0.29, 0.717) is 12.3 Å². The molecule has 0 amide bonds. The molecule has 2 atom stereocenters. The minimum absolute atomic E-state index is 0.345. The van der Waals surface area contributed by atoms with Gasteiger partial charge in [0.1, 0.15) is 0 Å². The highest BCUT2D eigenvalue weighted by Crippen LogP contribution is 2.27. The molecule has 0 spiro atoms. The van der Waals surface area contributed by atoms with Gasteiger partial charge in [0.05, 0.1) is 12.2 Å². The molecular weight excluding hydrogens is 164 g/mol. The lowest BCUT2D eigenvalue weighted by atomic mass is 9.90.